The number of carbonyl (C=O) groups is 2. The number of amides is 2. The van der Waals surface area contributed by atoms with Gasteiger partial charge in [0.05, 0.1) is 10.8 Å². The summed E-state index contributed by atoms with van der Waals surface area (Å²) >= 11 is 2.51. The van der Waals surface area contributed by atoms with E-state index in [2.05, 4.69) is 15.5 Å². The van der Waals surface area contributed by atoms with Crippen LogP contribution in [0.1, 0.15) is 28.7 Å². The number of thioether (sulfide) groups is 1. The predicted octanol–water partition coefficient (Wildman–Crippen LogP) is 4.43. The van der Waals surface area contributed by atoms with E-state index >= 15 is 0 Å². The lowest BCUT2D eigenvalue weighted by molar-refractivity contribution is -0.115. The SMILES string of the molecule is Cc1ccccc1OCc1nnc(SC(C)C(=O)Nc2sccc2C(N)=O)n1-c1ccccc1. The third-order valence-electron chi connectivity index (χ3n) is 4.98. The highest BCUT2D eigenvalue weighted by atomic mass is 32.2. The first-order valence-electron chi connectivity index (χ1n) is 10.5. The Kier molecular flexibility index (Phi) is 7.29. The smallest absolute Gasteiger partial charge is 0.251 e. The van der Waals surface area contributed by atoms with Gasteiger partial charge in [-0.15, -0.1) is 21.5 Å². The number of thiophene rings is 1. The largest absolute Gasteiger partial charge is 0.485 e. The van der Waals surface area contributed by atoms with E-state index in [9.17, 15) is 9.59 Å². The molecule has 0 bridgehead atoms. The number of nitrogens with two attached hydrogens (primary N) is 1. The van der Waals surface area contributed by atoms with E-state index in [4.69, 9.17) is 10.5 Å². The zero-order chi connectivity index (χ0) is 24.1. The molecule has 0 radical (unpaired) electrons. The Hall–Kier alpha value is -3.63. The molecule has 0 fully saturated rings. The van der Waals surface area contributed by atoms with Crippen molar-refractivity contribution in [2.45, 2.75) is 30.9 Å². The lowest BCUT2D eigenvalue weighted by Crippen LogP contribution is -2.24. The van der Waals surface area contributed by atoms with Crippen molar-refractivity contribution in [1.82, 2.24) is 14.8 Å². The molecule has 4 rings (SSSR count). The summed E-state index contributed by atoms with van der Waals surface area (Å²) in [5.41, 5.74) is 7.56. The highest BCUT2D eigenvalue weighted by Crippen LogP contribution is 2.29. The molecule has 0 saturated carbocycles. The van der Waals surface area contributed by atoms with E-state index in [1.165, 1.54) is 23.1 Å². The maximum absolute atomic E-state index is 12.8. The molecule has 2 aromatic carbocycles. The van der Waals surface area contributed by atoms with Crippen LogP contribution in [-0.4, -0.2) is 31.8 Å². The monoisotopic (exact) mass is 493 g/mol. The summed E-state index contributed by atoms with van der Waals surface area (Å²) in [6, 6.07) is 19.0. The molecule has 10 heteroatoms. The average Bonchev–Trinajstić information content (AvgIpc) is 3.46. The van der Waals surface area contributed by atoms with Crippen molar-refractivity contribution >= 4 is 39.9 Å². The van der Waals surface area contributed by atoms with Gasteiger partial charge in [0.1, 0.15) is 17.4 Å². The maximum atomic E-state index is 12.8. The molecule has 0 aliphatic rings. The van der Waals surface area contributed by atoms with Crippen molar-refractivity contribution in [3.8, 4) is 11.4 Å². The number of aromatic nitrogens is 3. The average molecular weight is 494 g/mol. The molecule has 174 valence electrons. The summed E-state index contributed by atoms with van der Waals surface area (Å²) in [5, 5.41) is 13.6. The van der Waals surface area contributed by atoms with E-state index in [1.54, 1.807) is 18.4 Å². The van der Waals surface area contributed by atoms with Gasteiger partial charge in [-0.05, 0) is 49.1 Å². The van der Waals surface area contributed by atoms with Gasteiger partial charge in [0.25, 0.3) is 5.91 Å². The Bertz CT molecular complexity index is 1300. The van der Waals surface area contributed by atoms with E-state index in [0.717, 1.165) is 17.0 Å². The number of rotatable bonds is 9. The minimum absolute atomic E-state index is 0.213. The Labute approximate surface area is 205 Å². The Morgan fingerprint density at radius 1 is 1.12 bits per heavy atom. The lowest BCUT2D eigenvalue weighted by Gasteiger charge is -2.14. The Balaban J connectivity index is 1.55. The molecule has 8 nitrogen and oxygen atoms in total. The van der Waals surface area contributed by atoms with Crippen molar-refractivity contribution in [3.05, 3.63) is 83.0 Å². The van der Waals surface area contributed by atoms with Gasteiger partial charge in [-0.3, -0.25) is 14.2 Å². The molecule has 34 heavy (non-hydrogen) atoms. The second-order valence-electron chi connectivity index (χ2n) is 7.40. The van der Waals surface area contributed by atoms with Crippen LogP contribution in [0.2, 0.25) is 0 Å². The molecule has 1 atom stereocenters. The summed E-state index contributed by atoms with van der Waals surface area (Å²) in [6.07, 6.45) is 0. The molecule has 0 spiro atoms. The van der Waals surface area contributed by atoms with Crippen LogP contribution in [-0.2, 0) is 11.4 Å². The third-order valence-corrected chi connectivity index (χ3v) is 6.86. The van der Waals surface area contributed by atoms with Crippen LogP contribution in [0, 0.1) is 6.92 Å². The first-order chi connectivity index (χ1) is 16.4. The molecule has 3 N–H and O–H groups in total. The molecule has 0 saturated heterocycles. The van der Waals surface area contributed by atoms with Crippen molar-refractivity contribution in [2.75, 3.05) is 5.32 Å². The maximum Gasteiger partial charge on any atom is 0.251 e. The van der Waals surface area contributed by atoms with E-state index in [1.807, 2.05) is 66.1 Å². The normalized spacial score (nSPS) is 11.7. The number of carbonyl (C=O) groups excluding carboxylic acids is 2. The zero-order valence-corrected chi connectivity index (χ0v) is 20.2. The van der Waals surface area contributed by atoms with Crippen molar-refractivity contribution in [1.29, 1.82) is 0 Å². The number of benzene rings is 2. The van der Waals surface area contributed by atoms with E-state index in [-0.39, 0.29) is 12.5 Å². The van der Waals surface area contributed by atoms with Gasteiger partial charge in [-0.25, -0.2) is 0 Å². The number of para-hydroxylation sites is 2. The van der Waals surface area contributed by atoms with Crippen LogP contribution >= 0.6 is 23.1 Å². The fourth-order valence-corrected chi connectivity index (χ4v) is 4.87. The molecule has 2 amide bonds. The number of nitrogens with zero attached hydrogens (tertiary/aromatic N) is 3. The number of nitrogens with one attached hydrogen (secondary N) is 1. The topological polar surface area (TPSA) is 112 Å². The highest BCUT2D eigenvalue weighted by Gasteiger charge is 2.23. The number of hydrogen-bond donors (Lipinski definition) is 2. The molecule has 1 unspecified atom stereocenters. The quantitative estimate of drug-likeness (QED) is 0.334. The van der Waals surface area contributed by atoms with Gasteiger partial charge < -0.3 is 15.8 Å². The van der Waals surface area contributed by atoms with Crippen LogP contribution in [0.15, 0.2) is 71.2 Å². The number of primary amides is 1. The second-order valence-corrected chi connectivity index (χ2v) is 9.62. The van der Waals surface area contributed by atoms with Gasteiger partial charge in [0, 0.05) is 5.69 Å². The minimum Gasteiger partial charge on any atom is -0.485 e. The number of anilines is 1. The van der Waals surface area contributed by atoms with Crippen LogP contribution in [0.3, 0.4) is 0 Å². The number of aryl methyl sites for hydroxylation is 1. The standard InChI is InChI=1S/C24H23N5O3S2/c1-15-8-6-7-11-19(15)32-14-20-27-28-24(29(20)17-9-4-3-5-10-17)34-16(2)22(31)26-23-18(21(25)30)12-13-33-23/h3-13,16H,14H2,1-2H3,(H2,25,30)(H,26,31). The summed E-state index contributed by atoms with van der Waals surface area (Å²) in [4.78, 5) is 24.4. The van der Waals surface area contributed by atoms with Crippen LogP contribution in [0.4, 0.5) is 5.00 Å². The fraction of sp³-hybridized carbons (Fsp3) is 0.167. The van der Waals surface area contributed by atoms with Gasteiger partial charge in [0.15, 0.2) is 11.0 Å². The van der Waals surface area contributed by atoms with Crippen LogP contribution in [0.5, 0.6) is 5.75 Å². The van der Waals surface area contributed by atoms with E-state index in [0.29, 0.717) is 21.5 Å². The summed E-state index contributed by atoms with van der Waals surface area (Å²) in [7, 11) is 0. The molecule has 4 aromatic rings. The summed E-state index contributed by atoms with van der Waals surface area (Å²) in [5.74, 6) is 0.529. The minimum atomic E-state index is -0.584. The molecule has 2 heterocycles. The summed E-state index contributed by atoms with van der Waals surface area (Å²) < 4.78 is 7.88. The lowest BCUT2D eigenvalue weighted by atomic mass is 10.2. The highest BCUT2D eigenvalue weighted by molar-refractivity contribution is 8.00. The molecular formula is C24H23N5O3S2. The third kappa shape index (κ3) is 5.29. The molecular weight excluding hydrogens is 470 g/mol. The van der Waals surface area contributed by atoms with Gasteiger partial charge >= 0.3 is 0 Å². The van der Waals surface area contributed by atoms with Gasteiger partial charge in [-0.2, -0.15) is 0 Å². The molecule has 0 aliphatic carbocycles. The Morgan fingerprint density at radius 3 is 2.59 bits per heavy atom. The van der Waals surface area contributed by atoms with Gasteiger partial charge in [-0.1, -0.05) is 48.2 Å². The molecule has 2 aromatic heterocycles. The van der Waals surface area contributed by atoms with Crippen molar-refractivity contribution < 1.29 is 14.3 Å². The number of hydrogen-bond acceptors (Lipinski definition) is 7. The first kappa shape index (κ1) is 23.5. The molecule has 0 aliphatic heterocycles. The van der Waals surface area contributed by atoms with E-state index < -0.39 is 11.2 Å². The second kappa shape index (κ2) is 10.5. The predicted molar refractivity (Wildman–Crippen MR) is 134 cm³/mol. The van der Waals surface area contributed by atoms with Crippen molar-refractivity contribution in [2.24, 2.45) is 5.73 Å². The Morgan fingerprint density at radius 2 is 1.85 bits per heavy atom. The fourth-order valence-electron chi connectivity index (χ4n) is 3.19. The number of ether oxygens (including phenoxy) is 1. The van der Waals surface area contributed by atoms with Crippen LogP contribution < -0.4 is 15.8 Å². The van der Waals surface area contributed by atoms with Crippen LogP contribution in [0.25, 0.3) is 5.69 Å². The zero-order valence-electron chi connectivity index (χ0n) is 18.6. The summed E-state index contributed by atoms with van der Waals surface area (Å²) in [6.45, 7) is 3.96. The van der Waals surface area contributed by atoms with Crippen molar-refractivity contribution in [3.63, 3.8) is 0 Å². The van der Waals surface area contributed by atoms with Gasteiger partial charge in [0.2, 0.25) is 5.91 Å². The first-order valence-corrected chi connectivity index (χ1v) is 12.2.